The third kappa shape index (κ3) is 4.74. The molecule has 90 valence electrons. The molecule has 1 heterocycles. The number of allylic oxidation sites excluding steroid dienone is 2. The summed E-state index contributed by atoms with van der Waals surface area (Å²) in [4.78, 5) is 19.0. The average molecular weight is 238 g/mol. The van der Waals surface area contributed by atoms with Gasteiger partial charge in [-0.2, -0.15) is 0 Å². The Balaban J connectivity index is 2.59. The van der Waals surface area contributed by atoms with Gasteiger partial charge in [0.25, 0.3) is 0 Å². The molecule has 0 aliphatic carbocycles. The lowest BCUT2D eigenvalue weighted by molar-refractivity contribution is -0.402. The van der Waals surface area contributed by atoms with Crippen molar-refractivity contribution in [3.63, 3.8) is 0 Å². The Morgan fingerprint density at radius 1 is 1.12 bits per heavy atom. The fraction of sp³-hybridized carbons (Fsp3) is 0.200. The smallest absolute Gasteiger partial charge is 0.230 e. The topological polar surface area (TPSA) is 99.4 Å². The Labute approximate surface area is 96.3 Å². The molecule has 0 unspecified atom stereocenters. The molecule has 1 aromatic rings. The summed E-state index contributed by atoms with van der Waals surface area (Å²) in [6.45, 7) is 0. The van der Waals surface area contributed by atoms with E-state index in [2.05, 4.69) is 0 Å². The van der Waals surface area contributed by atoms with Gasteiger partial charge in [0.15, 0.2) is 0 Å². The lowest BCUT2D eigenvalue weighted by Gasteiger charge is -1.94. The maximum atomic E-state index is 10.1. The van der Waals surface area contributed by atoms with Gasteiger partial charge in [0.05, 0.1) is 16.1 Å². The molecule has 0 N–H and O–H groups in total. The summed E-state index contributed by atoms with van der Waals surface area (Å²) in [6, 6.07) is 1.68. The number of rotatable bonds is 6. The molecule has 0 aliphatic heterocycles. The molecule has 7 heteroatoms. The van der Waals surface area contributed by atoms with Crippen molar-refractivity contribution in [2.24, 2.45) is 0 Å². The summed E-state index contributed by atoms with van der Waals surface area (Å²) in [7, 11) is 0. The molecule has 0 atom stereocenters. The van der Waals surface area contributed by atoms with Gasteiger partial charge in [-0.15, -0.1) is 0 Å². The number of hydrogen-bond donors (Lipinski definition) is 0. The van der Waals surface area contributed by atoms with Gasteiger partial charge in [-0.25, -0.2) is 0 Å². The van der Waals surface area contributed by atoms with Crippen molar-refractivity contribution >= 4 is 0 Å². The number of furan rings is 1. The minimum Gasteiger partial charge on any atom is -0.469 e. The first kappa shape index (κ1) is 12.6. The Morgan fingerprint density at radius 3 is 2.29 bits per heavy atom. The van der Waals surface area contributed by atoms with Crippen LogP contribution in [0.15, 0.2) is 41.3 Å². The first-order valence-corrected chi connectivity index (χ1v) is 4.75. The predicted octanol–water partition coefficient (Wildman–Crippen LogP) is 1.95. The highest BCUT2D eigenvalue weighted by molar-refractivity contribution is 5.21. The van der Waals surface area contributed by atoms with Crippen molar-refractivity contribution in [2.45, 2.75) is 12.8 Å². The van der Waals surface area contributed by atoms with Gasteiger partial charge in [0, 0.05) is 12.8 Å². The van der Waals surface area contributed by atoms with Crippen molar-refractivity contribution in [1.29, 1.82) is 0 Å². The molecule has 0 aliphatic rings. The highest BCUT2D eigenvalue weighted by atomic mass is 16.6. The van der Waals surface area contributed by atoms with Crippen LogP contribution in [0.5, 0.6) is 0 Å². The van der Waals surface area contributed by atoms with Crippen LogP contribution in [0.3, 0.4) is 0 Å². The first-order chi connectivity index (χ1) is 8.09. The summed E-state index contributed by atoms with van der Waals surface area (Å²) in [6.07, 6.45) is 6.54. The van der Waals surface area contributed by atoms with E-state index in [0.29, 0.717) is 12.2 Å². The van der Waals surface area contributed by atoms with Crippen LogP contribution >= 0.6 is 0 Å². The molecule has 0 spiro atoms. The van der Waals surface area contributed by atoms with E-state index in [0.717, 1.165) is 18.0 Å². The van der Waals surface area contributed by atoms with Crippen LogP contribution in [0.25, 0.3) is 0 Å². The van der Waals surface area contributed by atoms with Crippen LogP contribution in [-0.4, -0.2) is 9.85 Å². The van der Waals surface area contributed by atoms with Gasteiger partial charge in [0.1, 0.15) is 5.76 Å². The minimum atomic E-state index is -0.560. The maximum absolute atomic E-state index is 10.1. The van der Waals surface area contributed by atoms with Gasteiger partial charge < -0.3 is 4.42 Å². The summed E-state index contributed by atoms with van der Waals surface area (Å²) in [5, 5.41) is 20.1. The molecular weight excluding hydrogens is 228 g/mol. The van der Waals surface area contributed by atoms with Gasteiger partial charge in [0.2, 0.25) is 12.4 Å². The second kappa shape index (κ2) is 6.21. The first-order valence-electron chi connectivity index (χ1n) is 4.75. The summed E-state index contributed by atoms with van der Waals surface area (Å²) in [5.74, 6) is 0.566. The normalized spacial score (nSPS) is 11.3. The quantitative estimate of drug-likeness (QED) is 0.557. The summed E-state index contributed by atoms with van der Waals surface area (Å²) in [5.41, 5.74) is 0.774. The lowest BCUT2D eigenvalue weighted by Crippen LogP contribution is -1.89. The van der Waals surface area contributed by atoms with E-state index >= 15 is 0 Å². The van der Waals surface area contributed by atoms with E-state index < -0.39 is 9.85 Å². The molecule has 0 bridgehead atoms. The molecule has 0 saturated carbocycles. The van der Waals surface area contributed by atoms with Gasteiger partial charge >= 0.3 is 0 Å². The SMILES string of the molecule is O=[N+]([O-])C=CCc1ccoc1CC=C[N+](=O)[O-]. The van der Waals surface area contributed by atoms with E-state index in [-0.39, 0.29) is 6.42 Å². The third-order valence-corrected chi connectivity index (χ3v) is 1.93. The molecule has 0 aromatic carbocycles. The Hall–Kier alpha value is -2.44. The van der Waals surface area contributed by atoms with Gasteiger partial charge in [-0.3, -0.25) is 20.2 Å². The zero-order valence-corrected chi connectivity index (χ0v) is 8.81. The van der Waals surface area contributed by atoms with E-state index in [1.54, 1.807) is 6.07 Å². The largest absolute Gasteiger partial charge is 0.469 e. The second-order valence-electron chi connectivity index (χ2n) is 3.12. The van der Waals surface area contributed by atoms with Crippen LogP contribution in [0, 0.1) is 20.2 Å². The highest BCUT2D eigenvalue weighted by Crippen LogP contribution is 2.13. The van der Waals surface area contributed by atoms with E-state index in [1.807, 2.05) is 0 Å². The predicted molar refractivity (Wildman–Crippen MR) is 58.4 cm³/mol. The zero-order valence-electron chi connectivity index (χ0n) is 8.81. The highest BCUT2D eigenvalue weighted by Gasteiger charge is 2.04. The maximum Gasteiger partial charge on any atom is 0.230 e. The van der Waals surface area contributed by atoms with Crippen molar-refractivity contribution < 1.29 is 14.3 Å². The molecule has 17 heavy (non-hydrogen) atoms. The molecule has 0 fully saturated rings. The van der Waals surface area contributed by atoms with Crippen LogP contribution in [-0.2, 0) is 12.8 Å². The fourth-order valence-electron chi connectivity index (χ4n) is 1.24. The summed E-state index contributed by atoms with van der Waals surface area (Å²) < 4.78 is 5.13. The third-order valence-electron chi connectivity index (χ3n) is 1.93. The van der Waals surface area contributed by atoms with Crippen molar-refractivity contribution in [1.82, 2.24) is 0 Å². The van der Waals surface area contributed by atoms with E-state index in [4.69, 9.17) is 4.42 Å². The van der Waals surface area contributed by atoms with Crippen LogP contribution in [0.4, 0.5) is 0 Å². The van der Waals surface area contributed by atoms with Crippen molar-refractivity contribution in [2.75, 3.05) is 0 Å². The minimum absolute atomic E-state index is 0.287. The second-order valence-corrected chi connectivity index (χ2v) is 3.12. The zero-order chi connectivity index (χ0) is 12.7. The monoisotopic (exact) mass is 238 g/mol. The molecule has 0 amide bonds. The molecule has 1 rings (SSSR count). The fourth-order valence-corrected chi connectivity index (χ4v) is 1.24. The van der Waals surface area contributed by atoms with E-state index in [9.17, 15) is 20.2 Å². The van der Waals surface area contributed by atoms with E-state index in [1.165, 1.54) is 18.4 Å². The van der Waals surface area contributed by atoms with Gasteiger partial charge in [-0.05, 0) is 23.8 Å². The standard InChI is InChI=1S/C10H10N2O5/c13-11(14)6-1-3-9-5-8-17-10(9)4-2-7-12(15)16/h1-2,5-8H,3-4H2. The molecule has 0 saturated heterocycles. The number of nitrogens with zero attached hydrogens (tertiary/aromatic N) is 2. The molecule has 1 aromatic heterocycles. The number of hydrogen-bond acceptors (Lipinski definition) is 5. The van der Waals surface area contributed by atoms with Crippen molar-refractivity contribution in [3.8, 4) is 0 Å². The van der Waals surface area contributed by atoms with Crippen molar-refractivity contribution in [3.05, 3.63) is 68.4 Å². The lowest BCUT2D eigenvalue weighted by atomic mass is 10.1. The Bertz CT molecular complexity index is 421. The Kier molecular flexibility index (Phi) is 4.61. The molecule has 7 nitrogen and oxygen atoms in total. The number of nitro groups is 2. The summed E-state index contributed by atoms with van der Waals surface area (Å²) >= 11 is 0. The Morgan fingerprint density at radius 2 is 1.71 bits per heavy atom. The van der Waals surface area contributed by atoms with Gasteiger partial charge in [-0.1, -0.05) is 0 Å². The van der Waals surface area contributed by atoms with Crippen LogP contribution in [0.2, 0.25) is 0 Å². The van der Waals surface area contributed by atoms with Crippen LogP contribution in [0.1, 0.15) is 11.3 Å². The average Bonchev–Trinajstić information content (AvgIpc) is 2.65. The van der Waals surface area contributed by atoms with Crippen LogP contribution < -0.4 is 0 Å². The molecule has 0 radical (unpaired) electrons. The molecular formula is C10H10N2O5.